The van der Waals surface area contributed by atoms with Gasteiger partial charge in [-0.25, -0.2) is 4.79 Å². The first-order valence-electron chi connectivity index (χ1n) is 8.25. The summed E-state index contributed by atoms with van der Waals surface area (Å²) in [5.41, 5.74) is 2.68. The molecule has 1 amide bonds. The van der Waals surface area contributed by atoms with Gasteiger partial charge in [0.25, 0.3) is 0 Å². The highest BCUT2D eigenvalue weighted by atomic mass is 16.5. The predicted molar refractivity (Wildman–Crippen MR) is 103 cm³/mol. The number of nitrogens with zero attached hydrogens (tertiary/aromatic N) is 1. The van der Waals surface area contributed by atoms with Crippen molar-refractivity contribution in [1.29, 1.82) is 0 Å². The minimum Gasteiger partial charge on any atom is -0.465 e. The molecule has 3 aromatic rings. The molecule has 0 radical (unpaired) electrons. The lowest BCUT2D eigenvalue weighted by molar-refractivity contribution is -0.114. The molecular formula is C21H18N2O4. The molecule has 0 aliphatic carbocycles. The number of carbonyl (C=O) groups excluding carboxylic acids is 2. The summed E-state index contributed by atoms with van der Waals surface area (Å²) in [6.07, 6.45) is 1.61. The number of aliphatic imine (C=N–C) groups is 1. The predicted octanol–water partition coefficient (Wildman–Crippen LogP) is 4.44. The van der Waals surface area contributed by atoms with Crippen LogP contribution in [-0.4, -0.2) is 25.2 Å². The van der Waals surface area contributed by atoms with Crippen LogP contribution in [0.1, 0.15) is 23.0 Å². The summed E-state index contributed by atoms with van der Waals surface area (Å²) in [5.74, 6) is 0.696. The molecule has 0 fully saturated rings. The van der Waals surface area contributed by atoms with E-state index in [9.17, 15) is 9.59 Å². The van der Waals surface area contributed by atoms with Crippen LogP contribution in [0.25, 0.3) is 11.3 Å². The molecule has 0 spiro atoms. The minimum atomic E-state index is -0.395. The average molecular weight is 362 g/mol. The summed E-state index contributed by atoms with van der Waals surface area (Å²) in [7, 11) is 1.35. The van der Waals surface area contributed by atoms with Crippen molar-refractivity contribution in [3.63, 3.8) is 0 Å². The first-order chi connectivity index (χ1) is 13.0. The Labute approximate surface area is 156 Å². The molecule has 2 aromatic carbocycles. The normalized spacial score (nSPS) is 10.7. The summed E-state index contributed by atoms with van der Waals surface area (Å²) in [6, 6.07) is 17.8. The lowest BCUT2D eigenvalue weighted by Gasteiger charge is -2.01. The Kier molecular flexibility index (Phi) is 5.47. The summed E-state index contributed by atoms with van der Waals surface area (Å²) in [4.78, 5) is 27.0. The third kappa shape index (κ3) is 4.70. The number of hydrogen-bond donors (Lipinski definition) is 1. The van der Waals surface area contributed by atoms with Crippen molar-refractivity contribution >= 4 is 29.5 Å². The lowest BCUT2D eigenvalue weighted by atomic mass is 10.1. The molecule has 0 saturated heterocycles. The third-order valence-corrected chi connectivity index (χ3v) is 3.72. The van der Waals surface area contributed by atoms with E-state index in [1.165, 1.54) is 14.0 Å². The topological polar surface area (TPSA) is 80.9 Å². The van der Waals surface area contributed by atoms with Crippen LogP contribution in [0.2, 0.25) is 0 Å². The molecule has 6 heteroatoms. The van der Waals surface area contributed by atoms with Crippen LogP contribution in [0, 0.1) is 0 Å². The van der Waals surface area contributed by atoms with Gasteiger partial charge in [0.1, 0.15) is 11.5 Å². The molecule has 3 rings (SSSR count). The van der Waals surface area contributed by atoms with Crippen LogP contribution in [0.3, 0.4) is 0 Å². The van der Waals surface area contributed by atoms with Crippen LogP contribution in [0.4, 0.5) is 11.4 Å². The fourth-order valence-electron chi connectivity index (χ4n) is 2.47. The number of rotatable bonds is 5. The number of methoxy groups -OCH3 is 1. The van der Waals surface area contributed by atoms with E-state index in [1.807, 2.05) is 12.1 Å². The highest BCUT2D eigenvalue weighted by Crippen LogP contribution is 2.23. The van der Waals surface area contributed by atoms with E-state index in [1.54, 1.807) is 54.7 Å². The van der Waals surface area contributed by atoms with Gasteiger partial charge in [0, 0.05) is 18.2 Å². The lowest BCUT2D eigenvalue weighted by Crippen LogP contribution is -2.04. The smallest absolute Gasteiger partial charge is 0.337 e. The number of anilines is 1. The third-order valence-electron chi connectivity index (χ3n) is 3.72. The Hall–Kier alpha value is -3.67. The number of nitrogens with one attached hydrogen (secondary N) is 1. The van der Waals surface area contributed by atoms with Crippen molar-refractivity contribution in [1.82, 2.24) is 0 Å². The first kappa shape index (κ1) is 18.1. The van der Waals surface area contributed by atoms with E-state index >= 15 is 0 Å². The second-order valence-corrected chi connectivity index (χ2v) is 5.76. The number of hydrogen-bond acceptors (Lipinski definition) is 5. The maximum Gasteiger partial charge on any atom is 0.337 e. The van der Waals surface area contributed by atoms with Gasteiger partial charge in [-0.2, -0.15) is 0 Å². The van der Waals surface area contributed by atoms with Gasteiger partial charge >= 0.3 is 5.97 Å². The van der Waals surface area contributed by atoms with Gasteiger partial charge in [0.05, 0.1) is 24.6 Å². The molecule has 0 aliphatic rings. The second kappa shape index (κ2) is 8.14. The first-order valence-corrected chi connectivity index (χ1v) is 8.25. The zero-order valence-corrected chi connectivity index (χ0v) is 14.9. The van der Waals surface area contributed by atoms with E-state index in [4.69, 9.17) is 9.15 Å². The monoisotopic (exact) mass is 362 g/mol. The van der Waals surface area contributed by atoms with Crippen molar-refractivity contribution in [2.75, 3.05) is 12.4 Å². The van der Waals surface area contributed by atoms with E-state index in [2.05, 4.69) is 10.3 Å². The summed E-state index contributed by atoms with van der Waals surface area (Å²) in [6.45, 7) is 1.46. The zero-order valence-electron chi connectivity index (χ0n) is 14.9. The fraction of sp³-hybridized carbons (Fsp3) is 0.0952. The molecule has 0 saturated carbocycles. The van der Waals surface area contributed by atoms with Gasteiger partial charge in [-0.05, 0) is 48.5 Å². The molecule has 1 aromatic heterocycles. The number of ether oxygens (including phenoxy) is 1. The van der Waals surface area contributed by atoms with Crippen LogP contribution >= 0.6 is 0 Å². The molecule has 0 bridgehead atoms. The zero-order chi connectivity index (χ0) is 19.2. The summed E-state index contributed by atoms with van der Waals surface area (Å²) < 4.78 is 10.5. The van der Waals surface area contributed by atoms with E-state index in [0.29, 0.717) is 22.8 Å². The molecule has 1 N–H and O–H groups in total. The van der Waals surface area contributed by atoms with Crippen LogP contribution in [-0.2, 0) is 9.53 Å². The van der Waals surface area contributed by atoms with Gasteiger partial charge in [0.2, 0.25) is 5.91 Å². The van der Waals surface area contributed by atoms with E-state index in [-0.39, 0.29) is 5.91 Å². The van der Waals surface area contributed by atoms with Gasteiger partial charge in [-0.3, -0.25) is 9.79 Å². The largest absolute Gasteiger partial charge is 0.465 e. The maximum absolute atomic E-state index is 11.6. The van der Waals surface area contributed by atoms with Crippen molar-refractivity contribution in [2.24, 2.45) is 4.99 Å². The van der Waals surface area contributed by atoms with E-state index < -0.39 is 5.97 Å². The van der Waals surface area contributed by atoms with Crippen LogP contribution in [0.15, 0.2) is 70.1 Å². The van der Waals surface area contributed by atoms with Crippen molar-refractivity contribution in [3.8, 4) is 11.3 Å². The number of carbonyl (C=O) groups is 2. The molecule has 0 unspecified atom stereocenters. The van der Waals surface area contributed by atoms with E-state index in [0.717, 1.165) is 11.3 Å². The Morgan fingerprint density at radius 3 is 2.56 bits per heavy atom. The molecule has 27 heavy (non-hydrogen) atoms. The van der Waals surface area contributed by atoms with Crippen LogP contribution < -0.4 is 5.32 Å². The fourth-order valence-corrected chi connectivity index (χ4v) is 2.47. The van der Waals surface area contributed by atoms with Crippen molar-refractivity contribution in [3.05, 3.63) is 72.0 Å². The quantitative estimate of drug-likeness (QED) is 0.537. The molecular weight excluding hydrogens is 344 g/mol. The second-order valence-electron chi connectivity index (χ2n) is 5.76. The standard InChI is InChI=1S/C21H18N2O4/c1-14(24)23-18-8-6-17(7-9-18)22-13-19-10-11-20(27-19)15-4-3-5-16(12-15)21(25)26-2/h3-13H,1-2H3,(H,23,24). The number of esters is 1. The Balaban J connectivity index is 1.73. The minimum absolute atomic E-state index is 0.120. The summed E-state index contributed by atoms with van der Waals surface area (Å²) in [5, 5.41) is 2.70. The number of amides is 1. The van der Waals surface area contributed by atoms with Gasteiger partial charge in [-0.15, -0.1) is 0 Å². The highest BCUT2D eigenvalue weighted by Gasteiger charge is 2.09. The number of benzene rings is 2. The molecule has 1 heterocycles. The molecule has 0 atom stereocenters. The Morgan fingerprint density at radius 2 is 1.85 bits per heavy atom. The Morgan fingerprint density at radius 1 is 1.07 bits per heavy atom. The van der Waals surface area contributed by atoms with Gasteiger partial charge in [0.15, 0.2) is 0 Å². The average Bonchev–Trinajstić information content (AvgIpc) is 3.15. The van der Waals surface area contributed by atoms with Crippen LogP contribution in [0.5, 0.6) is 0 Å². The maximum atomic E-state index is 11.6. The molecule has 6 nitrogen and oxygen atoms in total. The summed E-state index contributed by atoms with van der Waals surface area (Å²) >= 11 is 0. The van der Waals surface area contributed by atoms with Crippen molar-refractivity contribution < 1.29 is 18.7 Å². The van der Waals surface area contributed by atoms with Gasteiger partial charge < -0.3 is 14.5 Å². The SMILES string of the molecule is COC(=O)c1cccc(-c2ccc(C=Nc3ccc(NC(C)=O)cc3)o2)c1. The molecule has 136 valence electrons. The van der Waals surface area contributed by atoms with Gasteiger partial charge in [-0.1, -0.05) is 12.1 Å². The Bertz CT molecular complexity index is 987. The number of furan rings is 1. The molecule has 0 aliphatic heterocycles. The van der Waals surface area contributed by atoms with Crippen molar-refractivity contribution in [2.45, 2.75) is 6.92 Å². The highest BCUT2D eigenvalue weighted by molar-refractivity contribution is 5.91.